The summed E-state index contributed by atoms with van der Waals surface area (Å²) in [4.78, 5) is 0. The summed E-state index contributed by atoms with van der Waals surface area (Å²) in [6, 6.07) is 12.9. The highest BCUT2D eigenvalue weighted by atomic mass is 19.1. The number of rotatable bonds is 3. The molecule has 0 aromatic heterocycles. The van der Waals surface area contributed by atoms with Gasteiger partial charge in [0.15, 0.2) is 0 Å². The third-order valence-corrected chi connectivity index (χ3v) is 4.28. The van der Waals surface area contributed by atoms with Crippen LogP contribution in [0.1, 0.15) is 16.7 Å². The topological polar surface area (TPSA) is 35.2 Å². The second-order valence-corrected chi connectivity index (χ2v) is 5.82. The Bertz CT molecular complexity index is 641. The van der Waals surface area contributed by atoms with E-state index in [1.165, 1.54) is 11.6 Å². The fourth-order valence-electron chi connectivity index (χ4n) is 2.91. The number of aryl methyl sites for hydroxylation is 1. The Morgan fingerprint density at radius 3 is 2.95 bits per heavy atom. The molecule has 1 heterocycles. The second kappa shape index (κ2) is 5.86. The van der Waals surface area contributed by atoms with Gasteiger partial charge in [-0.05, 0) is 54.7 Å². The van der Waals surface area contributed by atoms with E-state index in [0.29, 0.717) is 13.0 Å². The minimum Gasteiger partial charge on any atom is -0.493 e. The number of hydrogen-bond acceptors (Lipinski definition) is 2. The highest BCUT2D eigenvalue weighted by Gasteiger charge is 2.25. The van der Waals surface area contributed by atoms with Crippen molar-refractivity contribution in [1.82, 2.24) is 0 Å². The minimum absolute atomic E-state index is 0.0288. The van der Waals surface area contributed by atoms with E-state index in [2.05, 4.69) is 6.07 Å². The first-order valence-electron chi connectivity index (χ1n) is 7.35. The quantitative estimate of drug-likeness (QED) is 0.939. The Kier molecular flexibility index (Phi) is 3.93. The molecule has 110 valence electrons. The molecule has 0 fully saturated rings. The zero-order valence-corrected chi connectivity index (χ0v) is 12.2. The summed E-state index contributed by atoms with van der Waals surface area (Å²) in [5, 5.41) is 0. The van der Waals surface area contributed by atoms with Crippen molar-refractivity contribution in [2.45, 2.75) is 25.8 Å². The molecule has 0 saturated carbocycles. The van der Waals surface area contributed by atoms with Crippen LogP contribution in [0.4, 0.5) is 4.39 Å². The van der Waals surface area contributed by atoms with Gasteiger partial charge in [0.25, 0.3) is 0 Å². The molecule has 1 aliphatic rings. The first-order valence-corrected chi connectivity index (χ1v) is 7.35. The van der Waals surface area contributed by atoms with Crippen molar-refractivity contribution >= 4 is 0 Å². The predicted molar refractivity (Wildman–Crippen MR) is 81.9 cm³/mol. The summed E-state index contributed by atoms with van der Waals surface area (Å²) in [6.45, 7) is 2.63. The molecule has 0 spiro atoms. The maximum absolute atomic E-state index is 13.4. The van der Waals surface area contributed by atoms with Gasteiger partial charge in [0.1, 0.15) is 11.6 Å². The van der Waals surface area contributed by atoms with Crippen LogP contribution in [0.2, 0.25) is 0 Å². The minimum atomic E-state index is -0.201. The van der Waals surface area contributed by atoms with Crippen LogP contribution in [0, 0.1) is 18.7 Å². The Hall–Kier alpha value is -1.87. The van der Waals surface area contributed by atoms with Crippen molar-refractivity contribution in [3.05, 3.63) is 65.0 Å². The summed E-state index contributed by atoms with van der Waals surface area (Å²) in [6.07, 6.45) is 1.60. The van der Waals surface area contributed by atoms with Crippen LogP contribution >= 0.6 is 0 Å². The molecule has 0 saturated heterocycles. The van der Waals surface area contributed by atoms with E-state index in [4.69, 9.17) is 10.5 Å². The van der Waals surface area contributed by atoms with E-state index in [1.807, 2.05) is 31.2 Å². The zero-order chi connectivity index (χ0) is 14.8. The monoisotopic (exact) mass is 285 g/mol. The Morgan fingerprint density at radius 1 is 1.29 bits per heavy atom. The van der Waals surface area contributed by atoms with Gasteiger partial charge < -0.3 is 10.5 Å². The van der Waals surface area contributed by atoms with Gasteiger partial charge in [-0.2, -0.15) is 0 Å². The molecule has 0 radical (unpaired) electrons. The lowest BCUT2D eigenvalue weighted by molar-refractivity contribution is 0.198. The van der Waals surface area contributed by atoms with Crippen molar-refractivity contribution in [3.63, 3.8) is 0 Å². The van der Waals surface area contributed by atoms with E-state index < -0.39 is 0 Å². The van der Waals surface area contributed by atoms with E-state index >= 15 is 0 Å². The van der Waals surface area contributed by atoms with Crippen LogP contribution in [-0.2, 0) is 12.8 Å². The molecule has 2 atom stereocenters. The Labute approximate surface area is 124 Å². The van der Waals surface area contributed by atoms with Crippen LogP contribution in [-0.4, -0.2) is 12.6 Å². The number of benzene rings is 2. The number of halogens is 1. The van der Waals surface area contributed by atoms with Crippen LogP contribution in [0.15, 0.2) is 42.5 Å². The summed E-state index contributed by atoms with van der Waals surface area (Å²) in [7, 11) is 0. The molecule has 3 heteroatoms. The molecule has 1 aliphatic heterocycles. The number of hydrogen-bond donors (Lipinski definition) is 1. The van der Waals surface area contributed by atoms with Crippen molar-refractivity contribution in [1.29, 1.82) is 0 Å². The average molecular weight is 285 g/mol. The summed E-state index contributed by atoms with van der Waals surface area (Å²) >= 11 is 0. The first kappa shape index (κ1) is 14.1. The molecule has 2 aromatic carbocycles. The van der Waals surface area contributed by atoms with Gasteiger partial charge in [-0.1, -0.05) is 24.3 Å². The largest absolute Gasteiger partial charge is 0.493 e. The predicted octanol–water partition coefficient (Wildman–Crippen LogP) is 3.26. The van der Waals surface area contributed by atoms with Crippen LogP contribution in [0.5, 0.6) is 5.75 Å². The number of para-hydroxylation sites is 1. The molecular weight excluding hydrogens is 265 g/mol. The number of nitrogens with two attached hydrogens (primary N) is 1. The Morgan fingerprint density at radius 2 is 2.10 bits per heavy atom. The van der Waals surface area contributed by atoms with Gasteiger partial charge in [0.2, 0.25) is 0 Å². The summed E-state index contributed by atoms with van der Waals surface area (Å²) in [5.41, 5.74) is 9.64. The standard InChI is InChI=1S/C18H20FNO/c1-12-6-7-16(19)9-14(12)10-17(20)15-8-13-4-2-3-5-18(13)21-11-15/h2-7,9,15,17H,8,10-11,20H2,1H3. The van der Waals surface area contributed by atoms with Crippen molar-refractivity contribution in [2.75, 3.05) is 6.61 Å². The van der Waals surface area contributed by atoms with E-state index in [0.717, 1.165) is 23.3 Å². The maximum Gasteiger partial charge on any atom is 0.123 e. The van der Waals surface area contributed by atoms with Gasteiger partial charge in [-0.25, -0.2) is 4.39 Å². The van der Waals surface area contributed by atoms with Gasteiger partial charge >= 0.3 is 0 Å². The average Bonchev–Trinajstić information content (AvgIpc) is 2.50. The van der Waals surface area contributed by atoms with Crippen molar-refractivity contribution in [2.24, 2.45) is 11.7 Å². The number of fused-ring (bicyclic) bond motifs is 1. The second-order valence-electron chi connectivity index (χ2n) is 5.82. The van der Waals surface area contributed by atoms with E-state index in [1.54, 1.807) is 6.07 Å². The van der Waals surface area contributed by atoms with Crippen molar-refractivity contribution < 1.29 is 9.13 Å². The lowest BCUT2D eigenvalue weighted by atomic mass is 9.87. The summed E-state index contributed by atoms with van der Waals surface area (Å²) in [5.74, 6) is 1.03. The molecule has 2 aromatic rings. The van der Waals surface area contributed by atoms with Gasteiger partial charge in [0, 0.05) is 12.0 Å². The molecule has 21 heavy (non-hydrogen) atoms. The van der Waals surface area contributed by atoms with Gasteiger partial charge in [0.05, 0.1) is 6.61 Å². The summed E-state index contributed by atoms with van der Waals surface area (Å²) < 4.78 is 19.2. The zero-order valence-electron chi connectivity index (χ0n) is 12.2. The van der Waals surface area contributed by atoms with Crippen LogP contribution in [0.25, 0.3) is 0 Å². The fourth-order valence-corrected chi connectivity index (χ4v) is 2.91. The fraction of sp³-hybridized carbons (Fsp3) is 0.333. The van der Waals surface area contributed by atoms with E-state index in [9.17, 15) is 4.39 Å². The third kappa shape index (κ3) is 3.08. The Balaban J connectivity index is 1.72. The smallest absolute Gasteiger partial charge is 0.123 e. The molecule has 2 N–H and O–H groups in total. The van der Waals surface area contributed by atoms with Gasteiger partial charge in [-0.15, -0.1) is 0 Å². The maximum atomic E-state index is 13.4. The molecule has 0 aliphatic carbocycles. The first-order chi connectivity index (χ1) is 10.1. The normalized spacial score (nSPS) is 18.7. The van der Waals surface area contributed by atoms with Gasteiger partial charge in [-0.3, -0.25) is 0 Å². The third-order valence-electron chi connectivity index (χ3n) is 4.28. The molecule has 2 nitrogen and oxygen atoms in total. The van der Waals surface area contributed by atoms with Crippen LogP contribution in [0.3, 0.4) is 0 Å². The van der Waals surface area contributed by atoms with Crippen LogP contribution < -0.4 is 10.5 Å². The van der Waals surface area contributed by atoms with Crippen molar-refractivity contribution in [3.8, 4) is 5.75 Å². The van der Waals surface area contributed by atoms with E-state index in [-0.39, 0.29) is 17.8 Å². The highest BCUT2D eigenvalue weighted by molar-refractivity contribution is 5.35. The highest BCUT2D eigenvalue weighted by Crippen LogP contribution is 2.29. The SMILES string of the molecule is Cc1ccc(F)cc1CC(N)C1COc2ccccc2C1. The molecular formula is C18H20FNO. The lowest BCUT2D eigenvalue weighted by Crippen LogP contribution is -2.39. The molecule has 0 amide bonds. The molecule has 0 bridgehead atoms. The number of ether oxygens (including phenoxy) is 1. The molecule has 3 rings (SSSR count). The molecule has 2 unspecified atom stereocenters. The lowest BCUT2D eigenvalue weighted by Gasteiger charge is -2.30.